The molecule has 3 aromatic rings. The zero-order chi connectivity index (χ0) is 24.9. The van der Waals surface area contributed by atoms with E-state index in [2.05, 4.69) is 16.7 Å². The first-order chi connectivity index (χ1) is 17.6. The third kappa shape index (κ3) is 5.75. The van der Waals surface area contributed by atoms with E-state index in [1.165, 1.54) is 11.6 Å². The number of anilines is 1. The van der Waals surface area contributed by atoms with E-state index in [0.29, 0.717) is 48.0 Å². The Morgan fingerprint density at radius 2 is 1.97 bits per heavy atom. The van der Waals surface area contributed by atoms with E-state index in [-0.39, 0.29) is 24.6 Å². The molecule has 1 amide bonds. The molecule has 186 valence electrons. The van der Waals surface area contributed by atoms with Gasteiger partial charge in [-0.1, -0.05) is 48.0 Å². The third-order valence-corrected chi connectivity index (χ3v) is 6.74. The summed E-state index contributed by atoms with van der Waals surface area (Å²) < 4.78 is 26.3. The molecule has 2 aliphatic rings. The van der Waals surface area contributed by atoms with Crippen LogP contribution in [-0.4, -0.2) is 43.5 Å². The second-order valence-corrected chi connectivity index (χ2v) is 9.30. The number of benzene rings is 3. The highest BCUT2D eigenvalue weighted by Gasteiger charge is 2.28. The normalized spacial score (nSPS) is 18.9. The van der Waals surface area contributed by atoms with Crippen molar-refractivity contribution in [1.82, 2.24) is 5.32 Å². The number of hydrogen-bond donors (Lipinski definition) is 2. The minimum absolute atomic E-state index is 0.0580. The molecule has 6 nitrogen and oxygen atoms in total. The Balaban J connectivity index is 1.13. The van der Waals surface area contributed by atoms with Crippen molar-refractivity contribution in [2.45, 2.75) is 31.4 Å². The molecular weight excluding hydrogens is 481 g/mol. The van der Waals surface area contributed by atoms with Crippen molar-refractivity contribution >= 4 is 34.6 Å². The van der Waals surface area contributed by atoms with Gasteiger partial charge in [0.15, 0.2) is 6.61 Å². The molecule has 0 unspecified atom stereocenters. The molecule has 0 radical (unpaired) electrons. The lowest BCUT2D eigenvalue weighted by molar-refractivity contribution is -0.118. The number of carbonyl (C=O) groups excluding carboxylic acids is 1. The Morgan fingerprint density at radius 3 is 2.78 bits per heavy atom. The third-order valence-electron chi connectivity index (χ3n) is 6.42. The second-order valence-electron chi connectivity index (χ2n) is 8.90. The molecular formula is C28H27ClFN3O3. The topological polar surface area (TPSA) is 72.0 Å². The maximum Gasteiger partial charge on any atom is 0.262 e. The van der Waals surface area contributed by atoms with Crippen molar-refractivity contribution in [1.29, 1.82) is 0 Å². The predicted molar refractivity (Wildman–Crippen MR) is 139 cm³/mol. The first kappa shape index (κ1) is 24.4. The second kappa shape index (κ2) is 11.2. The van der Waals surface area contributed by atoms with Gasteiger partial charge in [0.2, 0.25) is 0 Å². The Hall–Kier alpha value is -3.26. The van der Waals surface area contributed by atoms with Crippen molar-refractivity contribution in [3.05, 3.63) is 88.7 Å². The van der Waals surface area contributed by atoms with Gasteiger partial charge in [0.25, 0.3) is 5.91 Å². The van der Waals surface area contributed by atoms with Gasteiger partial charge in [-0.15, -0.1) is 0 Å². The number of para-hydroxylation sites is 2. The number of amides is 1. The summed E-state index contributed by atoms with van der Waals surface area (Å²) in [5.41, 5.74) is 4.24. The molecule has 0 aromatic heterocycles. The fourth-order valence-electron chi connectivity index (χ4n) is 4.51. The maximum atomic E-state index is 14.7. The predicted octanol–water partition coefficient (Wildman–Crippen LogP) is 5.12. The molecule has 1 fully saturated rings. The quantitative estimate of drug-likeness (QED) is 0.444. The van der Waals surface area contributed by atoms with Crippen LogP contribution in [0.1, 0.15) is 17.5 Å². The molecule has 2 aliphatic heterocycles. The molecule has 36 heavy (non-hydrogen) atoms. The van der Waals surface area contributed by atoms with Crippen molar-refractivity contribution < 1.29 is 18.7 Å². The van der Waals surface area contributed by atoms with Gasteiger partial charge in [-0.05, 0) is 48.7 Å². The van der Waals surface area contributed by atoms with Crippen LogP contribution in [0.5, 0.6) is 5.75 Å². The van der Waals surface area contributed by atoms with Crippen LogP contribution in [0.25, 0.3) is 0 Å². The van der Waals surface area contributed by atoms with Crippen LogP contribution in [0.4, 0.5) is 15.8 Å². The molecule has 0 saturated carbocycles. The average Bonchev–Trinajstić information content (AvgIpc) is 3.33. The first-order valence-electron chi connectivity index (χ1n) is 12.0. The number of nitrogens with zero attached hydrogens (tertiary/aromatic N) is 1. The summed E-state index contributed by atoms with van der Waals surface area (Å²) >= 11 is 6.07. The molecule has 8 heteroatoms. The highest BCUT2D eigenvalue weighted by Crippen LogP contribution is 2.28. The van der Waals surface area contributed by atoms with Gasteiger partial charge in [-0.2, -0.15) is 0 Å². The fraction of sp³-hybridized carbons (Fsp3) is 0.286. The summed E-state index contributed by atoms with van der Waals surface area (Å²) in [5.74, 6) is -0.334. The van der Waals surface area contributed by atoms with E-state index in [1.54, 1.807) is 36.4 Å². The lowest BCUT2D eigenvalue weighted by Crippen LogP contribution is -2.50. The van der Waals surface area contributed by atoms with Gasteiger partial charge >= 0.3 is 0 Å². The van der Waals surface area contributed by atoms with Gasteiger partial charge in [0.1, 0.15) is 11.6 Å². The number of hydrogen-bond acceptors (Lipinski definition) is 5. The molecule has 0 bridgehead atoms. The van der Waals surface area contributed by atoms with Gasteiger partial charge in [0, 0.05) is 29.9 Å². The van der Waals surface area contributed by atoms with Crippen LogP contribution >= 0.6 is 11.6 Å². The first-order valence-corrected chi connectivity index (χ1v) is 12.4. The molecule has 2 atom stereocenters. The van der Waals surface area contributed by atoms with Crippen LogP contribution in [0.2, 0.25) is 5.02 Å². The lowest BCUT2D eigenvalue weighted by Gasteiger charge is -2.30. The van der Waals surface area contributed by atoms with E-state index in [9.17, 15) is 9.18 Å². The summed E-state index contributed by atoms with van der Waals surface area (Å²) in [6.07, 6.45) is 1.82. The van der Waals surface area contributed by atoms with Crippen LogP contribution in [0, 0.1) is 5.82 Å². The monoisotopic (exact) mass is 507 g/mol. The lowest BCUT2D eigenvalue weighted by atomic mass is 10.0. The van der Waals surface area contributed by atoms with Crippen LogP contribution < -0.4 is 15.4 Å². The average molecular weight is 508 g/mol. The van der Waals surface area contributed by atoms with Crippen LogP contribution in [0.3, 0.4) is 0 Å². The number of carbonyl (C=O) groups is 1. The Kier molecular flexibility index (Phi) is 7.60. The number of aliphatic imine (C=N–C) groups is 1. The number of halogens is 2. The standard InChI is InChI=1S/C28H27ClFN3O3/c29-21-7-2-4-11-27(21)36-17-28(34)33-24-10-5-8-22(30)20(24)13-12-19-15-31-26(16-35-19)25-14-18-6-1-3-9-23(18)32-25/h1-11,19,26,31H,12-17H2,(H,33,34)/t19-,26+/m1/s1. The van der Waals surface area contributed by atoms with Gasteiger partial charge in [-0.25, -0.2) is 4.39 Å². The zero-order valence-electron chi connectivity index (χ0n) is 19.7. The molecule has 2 heterocycles. The Morgan fingerprint density at radius 1 is 1.14 bits per heavy atom. The molecule has 5 rings (SSSR count). The summed E-state index contributed by atoms with van der Waals surface area (Å²) in [6.45, 7) is 0.948. The minimum atomic E-state index is -0.390. The number of fused-ring (bicyclic) bond motifs is 1. The number of rotatable bonds is 8. The van der Waals surface area contributed by atoms with Gasteiger partial charge in [-0.3, -0.25) is 9.79 Å². The van der Waals surface area contributed by atoms with Crippen molar-refractivity contribution in [3.8, 4) is 5.75 Å². The highest BCUT2D eigenvalue weighted by molar-refractivity contribution is 6.32. The molecule has 3 aromatic carbocycles. The molecule has 0 aliphatic carbocycles. The molecule has 0 spiro atoms. The van der Waals surface area contributed by atoms with E-state index < -0.39 is 5.91 Å². The summed E-state index contributed by atoms with van der Waals surface area (Å²) in [4.78, 5) is 17.2. The fourth-order valence-corrected chi connectivity index (χ4v) is 4.70. The summed E-state index contributed by atoms with van der Waals surface area (Å²) in [5, 5.41) is 6.72. The van der Waals surface area contributed by atoms with Crippen LogP contribution in [0.15, 0.2) is 71.7 Å². The SMILES string of the molecule is O=C(COc1ccccc1Cl)Nc1cccc(F)c1CC[C@@H]1CN[C@H](C2=Nc3ccccc3C2)CO1. The summed E-state index contributed by atoms with van der Waals surface area (Å²) in [6, 6.07) is 19.8. The number of ether oxygens (including phenoxy) is 2. The van der Waals surface area contributed by atoms with Crippen molar-refractivity contribution in [2.75, 3.05) is 25.1 Å². The van der Waals surface area contributed by atoms with E-state index in [4.69, 9.17) is 26.1 Å². The zero-order valence-corrected chi connectivity index (χ0v) is 20.4. The van der Waals surface area contributed by atoms with E-state index in [1.807, 2.05) is 18.2 Å². The van der Waals surface area contributed by atoms with E-state index >= 15 is 0 Å². The van der Waals surface area contributed by atoms with Crippen molar-refractivity contribution in [3.63, 3.8) is 0 Å². The van der Waals surface area contributed by atoms with Gasteiger partial charge in [0.05, 0.1) is 29.5 Å². The number of morpholine rings is 1. The molecule has 1 saturated heterocycles. The smallest absolute Gasteiger partial charge is 0.262 e. The highest BCUT2D eigenvalue weighted by atomic mass is 35.5. The minimum Gasteiger partial charge on any atom is -0.482 e. The summed E-state index contributed by atoms with van der Waals surface area (Å²) in [7, 11) is 0. The maximum absolute atomic E-state index is 14.7. The molecule has 2 N–H and O–H groups in total. The van der Waals surface area contributed by atoms with E-state index in [0.717, 1.165) is 17.8 Å². The Bertz CT molecular complexity index is 1270. The van der Waals surface area contributed by atoms with Crippen molar-refractivity contribution in [2.24, 2.45) is 4.99 Å². The van der Waals surface area contributed by atoms with Crippen LogP contribution in [-0.2, 0) is 22.4 Å². The largest absolute Gasteiger partial charge is 0.482 e. The Labute approximate surface area is 214 Å². The van der Waals surface area contributed by atoms with Gasteiger partial charge < -0.3 is 20.1 Å². The number of nitrogens with one attached hydrogen (secondary N) is 2.